The Hall–Kier alpha value is -2.51. The maximum absolute atomic E-state index is 12.6. The van der Waals surface area contributed by atoms with Crippen molar-refractivity contribution in [2.75, 3.05) is 11.6 Å². The van der Waals surface area contributed by atoms with Gasteiger partial charge in [-0.3, -0.25) is 15.0 Å². The lowest BCUT2D eigenvalue weighted by Crippen LogP contribution is -2.35. The lowest BCUT2D eigenvalue weighted by Gasteiger charge is -2.14. The molecule has 26 heavy (non-hydrogen) atoms. The molecule has 1 fully saturated rings. The summed E-state index contributed by atoms with van der Waals surface area (Å²) < 4.78 is 5.69. The van der Waals surface area contributed by atoms with Crippen molar-refractivity contribution in [3.63, 3.8) is 0 Å². The van der Waals surface area contributed by atoms with E-state index >= 15 is 0 Å². The number of amides is 2. The van der Waals surface area contributed by atoms with Gasteiger partial charge in [0.25, 0.3) is 11.8 Å². The number of hydrogen-bond donors (Lipinski definition) is 2. The summed E-state index contributed by atoms with van der Waals surface area (Å²) >= 11 is 9.38. The predicted molar refractivity (Wildman–Crippen MR) is 102 cm³/mol. The molecule has 2 N–H and O–H groups in total. The SMILES string of the molecule is CCOc1cc(/C=C2/C(=O)NN(c3ccccc3)C2=O)c(Br)c(Cl)c1O. The van der Waals surface area contributed by atoms with Crippen LogP contribution in [0.2, 0.25) is 5.02 Å². The number of phenolic OH excluding ortho intramolecular Hbond substituents is 1. The summed E-state index contributed by atoms with van der Waals surface area (Å²) in [7, 11) is 0. The van der Waals surface area contributed by atoms with Gasteiger partial charge in [0.1, 0.15) is 10.6 Å². The number of para-hydroxylation sites is 1. The highest BCUT2D eigenvalue weighted by Crippen LogP contribution is 2.42. The van der Waals surface area contributed by atoms with Crippen molar-refractivity contribution < 1.29 is 19.4 Å². The number of rotatable bonds is 4. The van der Waals surface area contributed by atoms with Crippen LogP contribution >= 0.6 is 27.5 Å². The Morgan fingerprint density at radius 2 is 2.00 bits per heavy atom. The first kappa shape index (κ1) is 18.3. The number of anilines is 1. The highest BCUT2D eigenvalue weighted by molar-refractivity contribution is 9.10. The molecule has 0 bridgehead atoms. The molecular weight excluding hydrogens is 424 g/mol. The highest BCUT2D eigenvalue weighted by atomic mass is 79.9. The fourth-order valence-corrected chi connectivity index (χ4v) is 3.07. The molecule has 1 heterocycles. The van der Waals surface area contributed by atoms with Crippen LogP contribution in [-0.2, 0) is 9.59 Å². The summed E-state index contributed by atoms with van der Waals surface area (Å²) in [6.45, 7) is 2.09. The van der Waals surface area contributed by atoms with E-state index in [4.69, 9.17) is 16.3 Å². The molecule has 0 spiro atoms. The summed E-state index contributed by atoms with van der Waals surface area (Å²) in [6.07, 6.45) is 1.40. The number of aromatic hydroxyl groups is 1. The van der Waals surface area contributed by atoms with Crippen LogP contribution in [0.4, 0.5) is 5.69 Å². The summed E-state index contributed by atoms with van der Waals surface area (Å²) in [5.41, 5.74) is 3.45. The number of phenols is 1. The maximum atomic E-state index is 12.6. The third-order valence-electron chi connectivity index (χ3n) is 3.68. The van der Waals surface area contributed by atoms with Gasteiger partial charge in [0.2, 0.25) is 0 Å². The van der Waals surface area contributed by atoms with E-state index in [0.29, 0.717) is 22.3 Å². The summed E-state index contributed by atoms with van der Waals surface area (Å²) in [5.74, 6) is -1.07. The zero-order chi connectivity index (χ0) is 18.8. The van der Waals surface area contributed by atoms with E-state index in [-0.39, 0.29) is 22.1 Å². The number of hydrogen-bond acceptors (Lipinski definition) is 4. The van der Waals surface area contributed by atoms with Gasteiger partial charge in [-0.15, -0.1) is 0 Å². The monoisotopic (exact) mass is 436 g/mol. The number of nitrogens with zero attached hydrogens (tertiary/aromatic N) is 1. The second-order valence-corrected chi connectivity index (χ2v) is 6.52. The molecule has 3 rings (SSSR count). The van der Waals surface area contributed by atoms with Crippen molar-refractivity contribution in [3.8, 4) is 11.5 Å². The van der Waals surface area contributed by atoms with E-state index in [9.17, 15) is 14.7 Å². The van der Waals surface area contributed by atoms with E-state index < -0.39 is 11.8 Å². The number of hydrazine groups is 1. The normalized spacial score (nSPS) is 15.5. The van der Waals surface area contributed by atoms with Gasteiger partial charge < -0.3 is 9.84 Å². The van der Waals surface area contributed by atoms with Gasteiger partial charge in [-0.1, -0.05) is 29.8 Å². The number of halogens is 2. The first-order chi connectivity index (χ1) is 12.4. The van der Waals surface area contributed by atoms with Crippen LogP contribution in [0.25, 0.3) is 6.08 Å². The quantitative estimate of drug-likeness (QED) is 0.565. The Balaban J connectivity index is 2.02. The van der Waals surface area contributed by atoms with E-state index in [2.05, 4.69) is 21.4 Å². The van der Waals surface area contributed by atoms with Crippen molar-refractivity contribution in [1.82, 2.24) is 5.43 Å². The number of nitrogens with one attached hydrogen (secondary N) is 1. The Kier molecular flexibility index (Phi) is 5.20. The van der Waals surface area contributed by atoms with E-state index in [1.165, 1.54) is 17.2 Å². The topological polar surface area (TPSA) is 78.9 Å². The van der Waals surface area contributed by atoms with E-state index in [1.54, 1.807) is 31.2 Å². The van der Waals surface area contributed by atoms with E-state index in [0.717, 1.165) is 0 Å². The fraction of sp³-hybridized carbons (Fsp3) is 0.111. The van der Waals surface area contributed by atoms with Crippen molar-refractivity contribution in [2.24, 2.45) is 0 Å². The van der Waals surface area contributed by atoms with Crippen LogP contribution in [0, 0.1) is 0 Å². The van der Waals surface area contributed by atoms with Crippen LogP contribution in [0.1, 0.15) is 12.5 Å². The largest absolute Gasteiger partial charge is 0.503 e. The molecular formula is C18H14BrClN2O4. The minimum Gasteiger partial charge on any atom is -0.503 e. The minimum atomic E-state index is -0.534. The highest BCUT2D eigenvalue weighted by Gasteiger charge is 2.34. The van der Waals surface area contributed by atoms with Crippen molar-refractivity contribution >= 4 is 51.1 Å². The van der Waals surface area contributed by atoms with Crippen LogP contribution in [0.15, 0.2) is 46.4 Å². The molecule has 0 aliphatic carbocycles. The number of carbonyl (C=O) groups excluding carboxylic acids is 2. The lowest BCUT2D eigenvalue weighted by atomic mass is 10.1. The first-order valence-electron chi connectivity index (χ1n) is 7.70. The van der Waals surface area contributed by atoms with Crippen LogP contribution in [0.5, 0.6) is 11.5 Å². The molecule has 0 unspecified atom stereocenters. The third kappa shape index (κ3) is 3.27. The van der Waals surface area contributed by atoms with Crippen molar-refractivity contribution in [1.29, 1.82) is 0 Å². The van der Waals surface area contributed by atoms with Crippen LogP contribution < -0.4 is 15.2 Å². The van der Waals surface area contributed by atoms with Crippen LogP contribution in [-0.4, -0.2) is 23.5 Å². The van der Waals surface area contributed by atoms with Crippen molar-refractivity contribution in [2.45, 2.75) is 6.92 Å². The predicted octanol–water partition coefficient (Wildman–Crippen LogP) is 3.67. The molecule has 2 aromatic rings. The number of carbonyl (C=O) groups is 2. The maximum Gasteiger partial charge on any atom is 0.282 e. The molecule has 0 aromatic heterocycles. The van der Waals surface area contributed by atoms with Gasteiger partial charge in [-0.2, -0.15) is 0 Å². The zero-order valence-corrected chi connectivity index (χ0v) is 16.0. The Morgan fingerprint density at radius 3 is 2.65 bits per heavy atom. The molecule has 0 radical (unpaired) electrons. The molecule has 8 heteroatoms. The lowest BCUT2D eigenvalue weighted by molar-refractivity contribution is -0.117. The Morgan fingerprint density at radius 1 is 1.31 bits per heavy atom. The van der Waals surface area contributed by atoms with Crippen LogP contribution in [0.3, 0.4) is 0 Å². The Bertz CT molecular complexity index is 915. The summed E-state index contributed by atoms with van der Waals surface area (Å²) in [5, 5.41) is 11.2. The second-order valence-electron chi connectivity index (χ2n) is 5.35. The molecule has 134 valence electrons. The Labute approximate surface area is 163 Å². The molecule has 1 aliphatic rings. The standard InChI is InChI=1S/C18H14BrClN2O4/c1-2-26-13-9-10(14(19)15(20)16(13)23)8-12-17(24)21-22(18(12)25)11-6-4-3-5-7-11/h3-9,23H,2H2,1H3,(H,21,24)/b12-8-. The average Bonchev–Trinajstić information content (AvgIpc) is 2.92. The van der Waals surface area contributed by atoms with Crippen molar-refractivity contribution in [3.05, 3.63) is 57.0 Å². The van der Waals surface area contributed by atoms with Gasteiger partial charge in [0.05, 0.1) is 12.3 Å². The zero-order valence-electron chi connectivity index (χ0n) is 13.6. The van der Waals surface area contributed by atoms with Gasteiger partial charge in [0, 0.05) is 4.47 Å². The summed E-state index contributed by atoms with van der Waals surface area (Å²) in [4.78, 5) is 24.9. The van der Waals surface area contributed by atoms with Gasteiger partial charge in [0.15, 0.2) is 11.5 Å². The molecule has 1 aliphatic heterocycles. The molecule has 0 atom stereocenters. The van der Waals surface area contributed by atoms with Gasteiger partial charge in [-0.05, 0) is 52.7 Å². The third-order valence-corrected chi connectivity index (χ3v) is 5.13. The molecule has 1 saturated heterocycles. The smallest absolute Gasteiger partial charge is 0.282 e. The first-order valence-corrected chi connectivity index (χ1v) is 8.87. The van der Waals surface area contributed by atoms with Gasteiger partial charge >= 0.3 is 0 Å². The second kappa shape index (κ2) is 7.39. The fourth-order valence-electron chi connectivity index (χ4n) is 2.45. The molecule has 6 nitrogen and oxygen atoms in total. The average molecular weight is 438 g/mol. The number of ether oxygens (including phenoxy) is 1. The van der Waals surface area contributed by atoms with Gasteiger partial charge in [-0.25, -0.2) is 5.01 Å². The number of benzene rings is 2. The minimum absolute atomic E-state index is 0.0357. The molecule has 0 saturated carbocycles. The summed E-state index contributed by atoms with van der Waals surface area (Å²) in [6, 6.07) is 10.3. The molecule has 2 amide bonds. The molecule has 2 aromatic carbocycles. The van der Waals surface area contributed by atoms with E-state index in [1.807, 2.05) is 6.07 Å².